The molecule has 0 bridgehead atoms. The summed E-state index contributed by atoms with van der Waals surface area (Å²) in [5, 5.41) is 3.89. The molecule has 2 fully saturated rings. The Morgan fingerprint density at radius 2 is 2.12 bits per heavy atom. The van der Waals surface area contributed by atoms with Crippen LogP contribution in [0.4, 0.5) is 5.69 Å². The van der Waals surface area contributed by atoms with E-state index in [0.29, 0.717) is 24.4 Å². The Labute approximate surface area is 153 Å². The zero-order valence-corrected chi connectivity index (χ0v) is 15.3. The normalized spacial score (nSPS) is 23.2. The summed E-state index contributed by atoms with van der Waals surface area (Å²) in [6, 6.07) is 7.18. The van der Waals surface area contributed by atoms with Gasteiger partial charge in [0, 0.05) is 26.1 Å². The van der Waals surface area contributed by atoms with Crippen LogP contribution in [0.1, 0.15) is 25.7 Å². The summed E-state index contributed by atoms with van der Waals surface area (Å²) in [5.74, 6) is -0.0166. The van der Waals surface area contributed by atoms with Gasteiger partial charge in [0.2, 0.25) is 11.8 Å². The zero-order chi connectivity index (χ0) is 16.4. The molecule has 0 aromatic heterocycles. The molecule has 2 amide bonds. The van der Waals surface area contributed by atoms with E-state index in [2.05, 4.69) is 5.32 Å². The highest BCUT2D eigenvalue weighted by molar-refractivity contribution is 6.34. The third-order valence-electron chi connectivity index (χ3n) is 4.76. The van der Waals surface area contributed by atoms with Gasteiger partial charge in [-0.3, -0.25) is 9.59 Å². The summed E-state index contributed by atoms with van der Waals surface area (Å²) in [5.41, 5.74) is 0.722. The van der Waals surface area contributed by atoms with Gasteiger partial charge in [-0.2, -0.15) is 0 Å². The lowest BCUT2D eigenvalue weighted by Crippen LogP contribution is -2.44. The summed E-state index contributed by atoms with van der Waals surface area (Å²) in [7, 11) is 1.73. The first-order valence-electron chi connectivity index (χ1n) is 8.13. The fourth-order valence-corrected chi connectivity index (χ4v) is 3.63. The van der Waals surface area contributed by atoms with Crippen LogP contribution in [0.25, 0.3) is 0 Å². The number of carbonyl (C=O) groups is 2. The quantitative estimate of drug-likeness (QED) is 0.884. The molecular weight excluding hydrogens is 349 g/mol. The minimum atomic E-state index is -0.389. The molecule has 3 rings (SSSR count). The predicted octanol–water partition coefficient (Wildman–Crippen LogP) is 2.47. The van der Waals surface area contributed by atoms with Gasteiger partial charge in [-0.15, -0.1) is 12.4 Å². The first-order chi connectivity index (χ1) is 11.1. The average molecular weight is 372 g/mol. The summed E-state index contributed by atoms with van der Waals surface area (Å²) < 4.78 is 0. The third-order valence-corrected chi connectivity index (χ3v) is 5.08. The van der Waals surface area contributed by atoms with E-state index in [1.807, 2.05) is 18.2 Å². The average Bonchev–Trinajstić information content (AvgIpc) is 3.17. The highest BCUT2D eigenvalue weighted by atomic mass is 35.5. The molecule has 1 aromatic carbocycles. The molecule has 0 saturated carbocycles. The zero-order valence-electron chi connectivity index (χ0n) is 13.7. The molecule has 24 heavy (non-hydrogen) atoms. The van der Waals surface area contributed by atoms with Gasteiger partial charge in [0.15, 0.2) is 0 Å². The van der Waals surface area contributed by atoms with Crippen LogP contribution in [0.2, 0.25) is 5.02 Å². The second-order valence-electron chi connectivity index (χ2n) is 6.25. The lowest BCUT2D eigenvalue weighted by molar-refractivity contribution is -0.137. The Balaban J connectivity index is 0.00000208. The minimum Gasteiger partial charge on any atom is -0.334 e. The van der Waals surface area contributed by atoms with E-state index in [9.17, 15) is 9.59 Å². The monoisotopic (exact) mass is 371 g/mol. The van der Waals surface area contributed by atoms with Gasteiger partial charge >= 0.3 is 0 Å². The van der Waals surface area contributed by atoms with Gasteiger partial charge < -0.3 is 15.1 Å². The van der Waals surface area contributed by atoms with Crippen LogP contribution in [0.3, 0.4) is 0 Å². The van der Waals surface area contributed by atoms with Gasteiger partial charge in [0.25, 0.3) is 0 Å². The van der Waals surface area contributed by atoms with E-state index >= 15 is 0 Å². The first kappa shape index (κ1) is 19.0. The van der Waals surface area contributed by atoms with Crippen LogP contribution < -0.4 is 10.2 Å². The Bertz CT molecular complexity index is 605. The summed E-state index contributed by atoms with van der Waals surface area (Å²) in [4.78, 5) is 28.4. The van der Waals surface area contributed by atoms with Crippen LogP contribution in [-0.2, 0) is 9.59 Å². The highest BCUT2D eigenvalue weighted by Crippen LogP contribution is 2.30. The van der Waals surface area contributed by atoms with Gasteiger partial charge in [0.1, 0.15) is 6.04 Å². The molecule has 7 heteroatoms. The summed E-state index contributed by atoms with van der Waals surface area (Å²) >= 11 is 6.19. The van der Waals surface area contributed by atoms with Crippen molar-refractivity contribution >= 4 is 41.5 Å². The van der Waals surface area contributed by atoms with Crippen molar-refractivity contribution in [1.29, 1.82) is 0 Å². The number of nitrogens with one attached hydrogen (secondary N) is 1. The van der Waals surface area contributed by atoms with Crippen molar-refractivity contribution in [2.45, 2.75) is 37.8 Å². The maximum Gasteiger partial charge on any atom is 0.249 e. The molecule has 0 spiro atoms. The van der Waals surface area contributed by atoms with Gasteiger partial charge in [-0.1, -0.05) is 23.7 Å². The number of halogens is 2. The second-order valence-corrected chi connectivity index (χ2v) is 6.66. The number of hydrogen-bond acceptors (Lipinski definition) is 3. The van der Waals surface area contributed by atoms with E-state index in [0.717, 1.165) is 25.1 Å². The maximum atomic E-state index is 12.7. The van der Waals surface area contributed by atoms with Crippen molar-refractivity contribution < 1.29 is 9.59 Å². The molecule has 2 saturated heterocycles. The van der Waals surface area contributed by atoms with Crippen molar-refractivity contribution in [1.82, 2.24) is 10.2 Å². The molecule has 1 aromatic rings. The Hall–Kier alpha value is -1.30. The maximum absolute atomic E-state index is 12.7. The molecule has 0 radical (unpaired) electrons. The van der Waals surface area contributed by atoms with Crippen molar-refractivity contribution in [3.63, 3.8) is 0 Å². The molecule has 2 heterocycles. The summed E-state index contributed by atoms with van der Waals surface area (Å²) in [6.07, 6.45) is 3.25. The number of hydrogen-bond donors (Lipinski definition) is 1. The third kappa shape index (κ3) is 3.85. The molecule has 132 valence electrons. The van der Waals surface area contributed by atoms with E-state index < -0.39 is 0 Å². The number of carbonyl (C=O) groups excluding carboxylic acids is 2. The number of amides is 2. The fourth-order valence-electron chi connectivity index (χ4n) is 3.39. The topological polar surface area (TPSA) is 52.7 Å². The fraction of sp³-hybridized carbons (Fsp3) is 0.529. The molecule has 0 aliphatic carbocycles. The molecular formula is C17H23Cl2N3O2. The number of likely N-dealkylation sites (N-methyl/N-ethyl adjacent to an activating group) is 1. The largest absolute Gasteiger partial charge is 0.334 e. The minimum absolute atomic E-state index is 0. The number of para-hydroxylation sites is 1. The van der Waals surface area contributed by atoms with Crippen molar-refractivity contribution in [2.75, 3.05) is 25.0 Å². The van der Waals surface area contributed by atoms with Crippen molar-refractivity contribution in [3.05, 3.63) is 29.3 Å². The van der Waals surface area contributed by atoms with Gasteiger partial charge in [0.05, 0.1) is 10.7 Å². The highest BCUT2D eigenvalue weighted by Gasteiger charge is 2.38. The SMILES string of the molecule is CN(C(=O)CC1CCCN1)C1CCN(c2ccccc2Cl)C1=O.Cl. The first-order valence-corrected chi connectivity index (χ1v) is 8.50. The van der Waals surface area contributed by atoms with Gasteiger partial charge in [-0.25, -0.2) is 0 Å². The Kier molecular flexibility index (Phi) is 6.49. The number of nitrogens with zero attached hydrogens (tertiary/aromatic N) is 2. The van der Waals surface area contributed by atoms with Crippen LogP contribution >= 0.6 is 24.0 Å². The van der Waals surface area contributed by atoms with E-state index in [4.69, 9.17) is 11.6 Å². The summed E-state index contributed by atoms with van der Waals surface area (Å²) in [6.45, 7) is 1.57. The predicted molar refractivity (Wildman–Crippen MR) is 97.9 cm³/mol. The van der Waals surface area contributed by atoms with Crippen LogP contribution in [0.15, 0.2) is 24.3 Å². The van der Waals surface area contributed by atoms with Crippen molar-refractivity contribution in [3.8, 4) is 0 Å². The lowest BCUT2D eigenvalue weighted by Gasteiger charge is -2.25. The molecule has 5 nitrogen and oxygen atoms in total. The number of rotatable bonds is 4. The molecule has 2 aliphatic rings. The van der Waals surface area contributed by atoms with Gasteiger partial charge in [-0.05, 0) is 37.9 Å². The van der Waals surface area contributed by atoms with E-state index in [1.54, 1.807) is 22.9 Å². The number of anilines is 1. The van der Waals surface area contributed by atoms with Crippen LogP contribution in [0, 0.1) is 0 Å². The molecule has 1 N–H and O–H groups in total. The van der Waals surface area contributed by atoms with Crippen molar-refractivity contribution in [2.24, 2.45) is 0 Å². The molecule has 2 unspecified atom stereocenters. The number of benzene rings is 1. The van der Waals surface area contributed by atoms with E-state index in [1.165, 1.54) is 0 Å². The lowest BCUT2D eigenvalue weighted by atomic mass is 10.1. The Morgan fingerprint density at radius 1 is 1.38 bits per heavy atom. The molecule has 2 aliphatic heterocycles. The van der Waals surface area contributed by atoms with E-state index in [-0.39, 0.29) is 36.3 Å². The smallest absolute Gasteiger partial charge is 0.249 e. The Morgan fingerprint density at radius 3 is 2.79 bits per heavy atom. The second kappa shape index (κ2) is 8.19. The molecule has 2 atom stereocenters. The van der Waals surface area contributed by atoms with Crippen LogP contribution in [-0.4, -0.2) is 48.9 Å². The van der Waals surface area contributed by atoms with Crippen LogP contribution in [0.5, 0.6) is 0 Å². The standard InChI is InChI=1S/C17H22ClN3O2.ClH/c1-20(16(22)11-12-5-4-9-19-12)15-8-10-21(17(15)23)14-7-3-2-6-13(14)18;/h2-3,6-7,12,15,19H,4-5,8-11H2,1H3;1H.